The van der Waals surface area contributed by atoms with Gasteiger partial charge in [0.15, 0.2) is 0 Å². The van der Waals surface area contributed by atoms with E-state index in [1.54, 1.807) is 0 Å². The average Bonchev–Trinajstić information content (AvgIpc) is 3.64. The second-order valence-electron chi connectivity index (χ2n) is 20.7. The Balaban J connectivity index is 0.00000544. The third kappa shape index (κ3) is 8.13. The van der Waals surface area contributed by atoms with Gasteiger partial charge >= 0.3 is 0 Å². The van der Waals surface area contributed by atoms with Gasteiger partial charge in [0, 0.05) is 44.1 Å². The molecule has 1 aliphatic carbocycles. The molecule has 0 bridgehead atoms. The van der Waals surface area contributed by atoms with Crippen molar-refractivity contribution < 1.29 is 26.2 Å². The summed E-state index contributed by atoms with van der Waals surface area (Å²) in [6, 6.07) is 51.4. The molecule has 2 heterocycles. The van der Waals surface area contributed by atoms with Gasteiger partial charge in [-0.1, -0.05) is 171 Å². The zero-order chi connectivity index (χ0) is 43.8. The number of nitrogens with zero attached hydrogens (tertiary/aromatic N) is 3. The van der Waals surface area contributed by atoms with Crippen LogP contribution < -0.4 is 0 Å². The first-order chi connectivity index (χ1) is 29.4. The predicted octanol–water partition coefficient (Wildman–Crippen LogP) is 15.2. The van der Waals surface area contributed by atoms with E-state index < -0.39 is 0 Å². The van der Waals surface area contributed by atoms with Gasteiger partial charge in [0.2, 0.25) is 0 Å². The van der Waals surface area contributed by atoms with Crippen LogP contribution in [0.2, 0.25) is 0 Å². The van der Waals surface area contributed by atoms with Gasteiger partial charge in [0.25, 0.3) is 0 Å². The minimum atomic E-state index is -0.207. The normalized spacial score (nSPS) is 14.6. The molecule has 5 heteroatoms. The smallest absolute Gasteiger partial charge is 0.148 e. The van der Waals surface area contributed by atoms with E-state index in [2.05, 4.69) is 207 Å². The Labute approximate surface area is 388 Å². The Morgan fingerprint density at radius 2 is 1.24 bits per heavy atom. The fraction of sp³-hybridized carbons (Fsp3) is 0.276. The van der Waals surface area contributed by atoms with Crippen molar-refractivity contribution in [2.45, 2.75) is 104 Å². The van der Waals surface area contributed by atoms with Crippen molar-refractivity contribution in [1.29, 1.82) is 0 Å². The second-order valence-corrected chi connectivity index (χ2v) is 20.7. The minimum Gasteiger partial charge on any atom is -0.507 e. The number of rotatable bonds is 6. The minimum absolute atomic E-state index is 0. The third-order valence-corrected chi connectivity index (χ3v) is 13.2. The van der Waals surface area contributed by atoms with Gasteiger partial charge in [-0.2, -0.15) is 0 Å². The maximum Gasteiger partial charge on any atom is 0.148 e. The summed E-state index contributed by atoms with van der Waals surface area (Å²) in [5.41, 5.74) is 15.9. The van der Waals surface area contributed by atoms with E-state index in [0.29, 0.717) is 11.6 Å². The number of hydrogen-bond donors (Lipinski definition) is 1. The van der Waals surface area contributed by atoms with Crippen LogP contribution in [0.5, 0.6) is 5.75 Å². The molecule has 63 heavy (non-hydrogen) atoms. The molecule has 6 aromatic carbocycles. The fourth-order valence-electron chi connectivity index (χ4n) is 9.37. The first-order valence-corrected chi connectivity index (χ1v) is 22.1. The van der Waals surface area contributed by atoms with Crippen LogP contribution in [0.15, 0.2) is 140 Å². The largest absolute Gasteiger partial charge is 0.507 e. The van der Waals surface area contributed by atoms with E-state index >= 15 is 0 Å². The van der Waals surface area contributed by atoms with Gasteiger partial charge in [-0.05, 0) is 92.7 Å². The molecule has 4 nitrogen and oxygen atoms in total. The number of imidazole rings is 1. The van der Waals surface area contributed by atoms with Crippen LogP contribution >= 0.6 is 0 Å². The van der Waals surface area contributed by atoms with E-state index in [1.165, 1.54) is 16.7 Å². The van der Waals surface area contributed by atoms with Crippen LogP contribution in [0, 0.1) is 6.07 Å². The Bertz CT molecular complexity index is 2980. The van der Waals surface area contributed by atoms with E-state index in [0.717, 1.165) is 85.3 Å². The molecule has 0 atom stereocenters. The number of phenolic OH excluding ortho intramolecular Hbond substituents is 1. The zero-order valence-electron chi connectivity index (χ0n) is 38.3. The Morgan fingerprint density at radius 1 is 0.587 bits per heavy atom. The number of benzene rings is 6. The van der Waals surface area contributed by atoms with E-state index in [1.807, 2.05) is 12.3 Å². The van der Waals surface area contributed by atoms with Crippen molar-refractivity contribution in [3.05, 3.63) is 168 Å². The Kier molecular flexibility index (Phi) is 11.3. The van der Waals surface area contributed by atoms with E-state index in [4.69, 9.17) is 9.97 Å². The molecule has 0 saturated heterocycles. The fourth-order valence-corrected chi connectivity index (χ4v) is 9.37. The number of pyridine rings is 1. The van der Waals surface area contributed by atoms with Crippen molar-refractivity contribution in [2.75, 3.05) is 0 Å². The van der Waals surface area contributed by atoms with Crippen molar-refractivity contribution in [3.63, 3.8) is 0 Å². The summed E-state index contributed by atoms with van der Waals surface area (Å²) in [6.07, 6.45) is 3.95. The zero-order valence-corrected chi connectivity index (χ0v) is 40.6. The third-order valence-electron chi connectivity index (χ3n) is 13.2. The van der Waals surface area contributed by atoms with Gasteiger partial charge < -0.3 is 5.11 Å². The van der Waals surface area contributed by atoms with Crippen LogP contribution in [-0.2, 0) is 42.7 Å². The molecule has 0 unspecified atom stereocenters. The van der Waals surface area contributed by atoms with Crippen LogP contribution in [0.25, 0.3) is 72.7 Å². The number of hydrogen-bond acceptors (Lipinski definition) is 3. The topological polar surface area (TPSA) is 50.9 Å². The van der Waals surface area contributed by atoms with Crippen molar-refractivity contribution in [2.24, 2.45) is 0 Å². The number of aromatic nitrogens is 3. The molecule has 1 N–H and O–H groups in total. The molecular weight excluding hydrogens is 950 g/mol. The molecule has 0 amide bonds. The average molecular weight is 1010 g/mol. The number of para-hydroxylation sites is 1. The molecule has 8 aromatic rings. The summed E-state index contributed by atoms with van der Waals surface area (Å²) in [5, 5.41) is 12.7. The molecule has 2 aromatic heterocycles. The van der Waals surface area contributed by atoms with Crippen molar-refractivity contribution >= 4 is 11.0 Å². The van der Waals surface area contributed by atoms with Crippen LogP contribution in [0.1, 0.15) is 104 Å². The van der Waals surface area contributed by atoms with Crippen LogP contribution in [0.3, 0.4) is 0 Å². The van der Waals surface area contributed by atoms with Gasteiger partial charge in [-0.3, -0.25) is 9.55 Å². The van der Waals surface area contributed by atoms with Gasteiger partial charge in [0.1, 0.15) is 11.6 Å². The molecule has 0 aliphatic heterocycles. The number of fused-ring (bicyclic) bond motifs is 2. The Morgan fingerprint density at radius 3 is 1.92 bits per heavy atom. The van der Waals surface area contributed by atoms with Gasteiger partial charge in [-0.25, -0.2) is 4.98 Å². The molecular formula is C58H58N3OPt-. The molecule has 322 valence electrons. The molecule has 0 spiro atoms. The standard InChI is InChI=1S/C58H58N3O.Pt/c1-55(2,3)42-24-27-49(46(36-42)38-20-15-12-16-21-38)61-50-23-17-22-44(52(50)60-54(61)45-25-26-47-51(53(45)62)58(9,10)30-29-57(47,7)8)40-32-41(34-43(33-40)56(4,5)6)48-35-39(28-31-59-48)37-18-13-11-14-19-37;/h11-28,31,33-36,62H,29-30H2,1-10H3;/q-1;. The SMILES string of the molecule is CC(C)(C)c1cc(-c2cc(-c3ccccc3)ccn2)[c-]c(-c2cccc3c2nc(-c2ccc4c(c2O)C(C)(C)CCC4(C)C)n3-c2ccc(C(C)(C)C)cc2-c2ccccc2)c1.[Pt]. The summed E-state index contributed by atoms with van der Waals surface area (Å²) in [7, 11) is 0. The quantitative estimate of drug-likeness (QED) is 0.169. The van der Waals surface area contributed by atoms with E-state index in [-0.39, 0.29) is 42.7 Å². The van der Waals surface area contributed by atoms with Crippen LogP contribution in [-0.4, -0.2) is 19.6 Å². The van der Waals surface area contributed by atoms with Gasteiger partial charge in [-0.15, -0.1) is 29.3 Å². The summed E-state index contributed by atoms with van der Waals surface area (Å²) in [4.78, 5) is 10.6. The van der Waals surface area contributed by atoms with E-state index in [9.17, 15) is 5.11 Å². The molecule has 0 fully saturated rings. The summed E-state index contributed by atoms with van der Waals surface area (Å²) in [5.74, 6) is 1.02. The maximum absolute atomic E-state index is 12.7. The number of aromatic hydroxyl groups is 1. The maximum atomic E-state index is 12.7. The second kappa shape index (κ2) is 16.2. The van der Waals surface area contributed by atoms with Crippen molar-refractivity contribution in [1.82, 2.24) is 14.5 Å². The summed E-state index contributed by atoms with van der Waals surface area (Å²) in [6.45, 7) is 22.7. The monoisotopic (exact) mass is 1010 g/mol. The summed E-state index contributed by atoms with van der Waals surface area (Å²) >= 11 is 0. The number of phenols is 1. The molecule has 0 saturated carbocycles. The first kappa shape index (κ1) is 44.1. The first-order valence-electron chi connectivity index (χ1n) is 22.1. The molecule has 1 aliphatic rings. The van der Waals surface area contributed by atoms with Crippen molar-refractivity contribution in [3.8, 4) is 67.5 Å². The molecule has 9 rings (SSSR count). The van der Waals surface area contributed by atoms with Gasteiger partial charge in [0.05, 0.1) is 22.3 Å². The van der Waals surface area contributed by atoms with Crippen LogP contribution in [0.4, 0.5) is 0 Å². The predicted molar refractivity (Wildman–Crippen MR) is 259 cm³/mol. The molecule has 0 radical (unpaired) electrons. The Hall–Kier alpha value is -5.57. The summed E-state index contributed by atoms with van der Waals surface area (Å²) < 4.78 is 2.29.